The second-order valence-electron chi connectivity index (χ2n) is 4.31. The highest BCUT2D eigenvalue weighted by Crippen LogP contribution is 2.19. The largest absolute Gasteiger partial charge is 0.309 e. The Labute approximate surface area is 96.1 Å². The molecular weight excluding hydrogens is 224 g/mol. The highest BCUT2D eigenvalue weighted by atomic mass is 32.2. The molecule has 0 radical (unpaired) electrons. The van der Waals surface area contributed by atoms with Crippen molar-refractivity contribution in [2.24, 2.45) is 0 Å². The van der Waals surface area contributed by atoms with Crippen LogP contribution in [0, 0.1) is 0 Å². The van der Waals surface area contributed by atoms with E-state index in [-0.39, 0.29) is 6.04 Å². The van der Waals surface area contributed by atoms with Crippen LogP contribution in [-0.4, -0.2) is 14.5 Å². The van der Waals surface area contributed by atoms with E-state index in [0.29, 0.717) is 4.90 Å². The van der Waals surface area contributed by atoms with Gasteiger partial charge in [-0.2, -0.15) is 0 Å². The number of nitrogens with one attached hydrogen (secondary N) is 2. The summed E-state index contributed by atoms with van der Waals surface area (Å²) in [5, 5.41) is 3.19. The molecule has 0 aliphatic carbocycles. The molecular formula is C11H16N2O2S. The molecule has 5 heteroatoms. The van der Waals surface area contributed by atoms with Gasteiger partial charge >= 0.3 is 0 Å². The second-order valence-corrected chi connectivity index (χ2v) is 6.02. The van der Waals surface area contributed by atoms with E-state index in [9.17, 15) is 8.42 Å². The van der Waals surface area contributed by atoms with E-state index in [0.717, 1.165) is 18.7 Å². The molecule has 0 bridgehead atoms. The first-order valence-corrected chi connectivity index (χ1v) is 6.82. The van der Waals surface area contributed by atoms with Crippen LogP contribution in [0.2, 0.25) is 0 Å². The standard InChI is InChI=1S/C11H16N2O2S/c1-8(2)13-16(14,15)11-4-3-9-6-12-7-10(9)5-11/h3-5,8,12-13H,6-7H2,1-2H3. The number of fused-ring (bicyclic) bond motifs is 1. The molecule has 0 fully saturated rings. The van der Waals surface area contributed by atoms with E-state index < -0.39 is 10.0 Å². The Balaban J connectivity index is 2.34. The summed E-state index contributed by atoms with van der Waals surface area (Å²) in [5.74, 6) is 0. The van der Waals surface area contributed by atoms with Gasteiger partial charge < -0.3 is 5.32 Å². The van der Waals surface area contributed by atoms with Crippen molar-refractivity contribution in [3.63, 3.8) is 0 Å². The van der Waals surface area contributed by atoms with Gasteiger partial charge in [-0.15, -0.1) is 0 Å². The molecule has 1 aliphatic rings. The summed E-state index contributed by atoms with van der Waals surface area (Å²) >= 11 is 0. The van der Waals surface area contributed by atoms with Crippen LogP contribution in [0.1, 0.15) is 25.0 Å². The maximum absolute atomic E-state index is 11.9. The Morgan fingerprint density at radius 2 is 1.94 bits per heavy atom. The first-order chi connectivity index (χ1) is 7.49. The lowest BCUT2D eigenvalue weighted by Crippen LogP contribution is -2.30. The number of hydrogen-bond acceptors (Lipinski definition) is 3. The van der Waals surface area contributed by atoms with Crippen LogP contribution >= 0.6 is 0 Å². The summed E-state index contributed by atoms with van der Waals surface area (Å²) in [6.07, 6.45) is 0. The molecule has 16 heavy (non-hydrogen) atoms. The SMILES string of the molecule is CC(C)NS(=O)(=O)c1ccc2c(c1)CNC2. The molecule has 88 valence electrons. The Hall–Kier alpha value is -0.910. The van der Waals surface area contributed by atoms with Crippen molar-refractivity contribution in [3.8, 4) is 0 Å². The van der Waals surface area contributed by atoms with Crippen LogP contribution in [0.25, 0.3) is 0 Å². The van der Waals surface area contributed by atoms with Crippen molar-refractivity contribution in [1.29, 1.82) is 0 Å². The zero-order chi connectivity index (χ0) is 11.8. The minimum atomic E-state index is -3.36. The van der Waals surface area contributed by atoms with Crippen LogP contribution < -0.4 is 10.0 Å². The minimum absolute atomic E-state index is 0.0867. The molecule has 1 aromatic carbocycles. The van der Waals surface area contributed by atoms with E-state index in [1.54, 1.807) is 12.1 Å². The van der Waals surface area contributed by atoms with Gasteiger partial charge in [-0.05, 0) is 37.1 Å². The molecule has 1 aromatic rings. The molecule has 0 atom stereocenters. The van der Waals surface area contributed by atoms with Crippen molar-refractivity contribution < 1.29 is 8.42 Å². The molecule has 0 saturated heterocycles. The number of rotatable bonds is 3. The maximum atomic E-state index is 11.9. The summed E-state index contributed by atoms with van der Waals surface area (Å²) in [7, 11) is -3.36. The molecule has 0 saturated carbocycles. The summed E-state index contributed by atoms with van der Waals surface area (Å²) in [5.41, 5.74) is 2.26. The predicted molar refractivity (Wildman–Crippen MR) is 62.4 cm³/mol. The fourth-order valence-corrected chi connectivity index (χ4v) is 3.12. The Morgan fingerprint density at radius 3 is 2.62 bits per heavy atom. The third-order valence-electron chi connectivity index (χ3n) is 2.51. The fraction of sp³-hybridized carbons (Fsp3) is 0.455. The third-order valence-corrected chi connectivity index (χ3v) is 4.17. The molecule has 1 heterocycles. The van der Waals surface area contributed by atoms with Gasteiger partial charge in [0.05, 0.1) is 4.90 Å². The maximum Gasteiger partial charge on any atom is 0.240 e. The van der Waals surface area contributed by atoms with Crippen LogP contribution in [0.15, 0.2) is 23.1 Å². The molecule has 2 rings (SSSR count). The van der Waals surface area contributed by atoms with E-state index >= 15 is 0 Å². The zero-order valence-corrected chi connectivity index (χ0v) is 10.3. The van der Waals surface area contributed by atoms with Gasteiger partial charge in [0.1, 0.15) is 0 Å². The van der Waals surface area contributed by atoms with Crippen molar-refractivity contribution in [3.05, 3.63) is 29.3 Å². The number of hydrogen-bond donors (Lipinski definition) is 2. The quantitative estimate of drug-likeness (QED) is 0.828. The summed E-state index contributed by atoms with van der Waals surface area (Å²) < 4.78 is 26.4. The van der Waals surface area contributed by atoms with Crippen molar-refractivity contribution in [1.82, 2.24) is 10.0 Å². The smallest absolute Gasteiger partial charge is 0.240 e. The van der Waals surface area contributed by atoms with Crippen molar-refractivity contribution in [2.75, 3.05) is 0 Å². The molecule has 4 nitrogen and oxygen atoms in total. The van der Waals surface area contributed by atoms with Gasteiger partial charge in [0.15, 0.2) is 0 Å². The third kappa shape index (κ3) is 2.26. The zero-order valence-electron chi connectivity index (χ0n) is 9.45. The fourth-order valence-electron chi connectivity index (χ4n) is 1.82. The lowest BCUT2D eigenvalue weighted by Gasteiger charge is -2.10. The lowest BCUT2D eigenvalue weighted by molar-refractivity contribution is 0.569. The average molecular weight is 240 g/mol. The highest BCUT2D eigenvalue weighted by Gasteiger charge is 2.18. The highest BCUT2D eigenvalue weighted by molar-refractivity contribution is 7.89. The Morgan fingerprint density at radius 1 is 1.25 bits per heavy atom. The Kier molecular flexibility index (Phi) is 3.01. The first kappa shape index (κ1) is 11.6. The van der Waals surface area contributed by atoms with Gasteiger partial charge in [0.25, 0.3) is 0 Å². The molecule has 1 aliphatic heterocycles. The van der Waals surface area contributed by atoms with E-state index in [4.69, 9.17) is 0 Å². The molecule has 2 N–H and O–H groups in total. The molecule has 0 amide bonds. The molecule has 0 aromatic heterocycles. The minimum Gasteiger partial charge on any atom is -0.309 e. The van der Waals surface area contributed by atoms with Gasteiger partial charge in [-0.25, -0.2) is 13.1 Å². The van der Waals surface area contributed by atoms with Crippen LogP contribution in [0.4, 0.5) is 0 Å². The number of sulfonamides is 1. The predicted octanol–water partition coefficient (Wildman–Crippen LogP) is 0.976. The summed E-state index contributed by atoms with van der Waals surface area (Å²) in [4.78, 5) is 0.351. The van der Waals surface area contributed by atoms with Crippen LogP contribution in [0.5, 0.6) is 0 Å². The van der Waals surface area contributed by atoms with Crippen molar-refractivity contribution in [2.45, 2.75) is 37.9 Å². The van der Waals surface area contributed by atoms with Gasteiger partial charge in [0.2, 0.25) is 10.0 Å². The number of benzene rings is 1. The Bertz CT molecular complexity index is 495. The topological polar surface area (TPSA) is 58.2 Å². The van der Waals surface area contributed by atoms with E-state index in [2.05, 4.69) is 10.0 Å². The second kappa shape index (κ2) is 4.16. The van der Waals surface area contributed by atoms with Gasteiger partial charge in [-0.3, -0.25) is 0 Å². The van der Waals surface area contributed by atoms with Gasteiger partial charge in [-0.1, -0.05) is 6.07 Å². The first-order valence-electron chi connectivity index (χ1n) is 5.34. The molecule has 0 unspecified atom stereocenters. The van der Waals surface area contributed by atoms with Gasteiger partial charge in [0, 0.05) is 19.1 Å². The van der Waals surface area contributed by atoms with Crippen LogP contribution in [0.3, 0.4) is 0 Å². The van der Waals surface area contributed by atoms with E-state index in [1.807, 2.05) is 19.9 Å². The van der Waals surface area contributed by atoms with E-state index in [1.165, 1.54) is 5.56 Å². The summed E-state index contributed by atoms with van der Waals surface area (Å²) in [6, 6.07) is 5.21. The normalized spacial score (nSPS) is 15.4. The van der Waals surface area contributed by atoms with Crippen molar-refractivity contribution >= 4 is 10.0 Å². The summed E-state index contributed by atoms with van der Waals surface area (Å²) in [6.45, 7) is 5.20. The monoisotopic (exact) mass is 240 g/mol. The molecule has 0 spiro atoms. The van der Waals surface area contributed by atoms with Crippen LogP contribution in [-0.2, 0) is 23.1 Å². The lowest BCUT2D eigenvalue weighted by atomic mass is 10.1. The average Bonchev–Trinajstić information content (AvgIpc) is 2.61.